The van der Waals surface area contributed by atoms with Gasteiger partial charge in [-0.2, -0.15) is 0 Å². The van der Waals surface area contributed by atoms with Crippen LogP contribution in [0.5, 0.6) is 0 Å². The van der Waals surface area contributed by atoms with Gasteiger partial charge in [-0.05, 0) is 28.3 Å². The number of hydrogen-bond donors (Lipinski definition) is 3. The molecule has 3 aromatic carbocycles. The van der Waals surface area contributed by atoms with Crippen molar-refractivity contribution in [2.75, 3.05) is 23.9 Å². The molecule has 2 amide bonds. The number of anilines is 1. The maximum absolute atomic E-state index is 13.8. The first-order valence-corrected chi connectivity index (χ1v) is 20.7. The van der Waals surface area contributed by atoms with Crippen molar-refractivity contribution in [1.82, 2.24) is 25.2 Å². The third kappa shape index (κ3) is 6.97. The molecular formula is C39H31N7O5S4. The Morgan fingerprint density at radius 3 is 2.24 bits per heavy atom. The quantitative estimate of drug-likeness (QED) is 0.0388. The van der Waals surface area contributed by atoms with Crippen LogP contribution >= 0.6 is 46.2 Å². The Morgan fingerprint density at radius 2 is 1.64 bits per heavy atom. The Kier molecular flexibility index (Phi) is 10.4. The van der Waals surface area contributed by atoms with Crippen molar-refractivity contribution in [1.29, 1.82) is 0 Å². The number of hydrogen-bond acceptors (Lipinski definition) is 13. The lowest BCUT2D eigenvalue weighted by Crippen LogP contribution is -2.71. The second-order valence-electron chi connectivity index (χ2n) is 12.4. The summed E-state index contributed by atoms with van der Waals surface area (Å²) < 4.78 is 1.72. The van der Waals surface area contributed by atoms with Gasteiger partial charge < -0.3 is 20.6 Å². The lowest BCUT2D eigenvalue weighted by atomic mass is 9.77. The number of fused-ring (bicyclic) bond motifs is 2. The summed E-state index contributed by atoms with van der Waals surface area (Å²) in [5.74, 6) is -1.68. The molecule has 5 heterocycles. The van der Waals surface area contributed by atoms with Gasteiger partial charge in [0.15, 0.2) is 15.2 Å². The van der Waals surface area contributed by atoms with Gasteiger partial charge in [0.05, 0.1) is 10.2 Å². The first-order chi connectivity index (χ1) is 26.9. The van der Waals surface area contributed by atoms with E-state index in [1.54, 1.807) is 17.8 Å². The number of nitrogens with one attached hydrogen (secondary N) is 2. The fourth-order valence-electron chi connectivity index (χ4n) is 6.65. The number of carboxylic acids is 1. The molecule has 3 N–H and O–H groups in total. The van der Waals surface area contributed by atoms with E-state index in [0.717, 1.165) is 31.2 Å². The number of pyridine rings is 1. The van der Waals surface area contributed by atoms with Crippen LogP contribution in [0, 0.1) is 0 Å². The zero-order valence-electron chi connectivity index (χ0n) is 29.0. The molecule has 0 bridgehead atoms. The maximum Gasteiger partial charge on any atom is 0.352 e. The molecule has 1 fully saturated rings. The fraction of sp³-hybridized carbons (Fsp3) is 0.154. The summed E-state index contributed by atoms with van der Waals surface area (Å²) >= 11 is 5.59. The van der Waals surface area contributed by atoms with Crippen LogP contribution in [0.1, 0.15) is 22.4 Å². The first kappa shape index (κ1) is 36.4. The molecule has 1 saturated heterocycles. The number of nitrogens with zero attached hydrogens (tertiary/aromatic N) is 5. The maximum atomic E-state index is 13.8. The van der Waals surface area contributed by atoms with Crippen molar-refractivity contribution in [3.63, 3.8) is 0 Å². The van der Waals surface area contributed by atoms with Crippen molar-refractivity contribution in [3.8, 4) is 0 Å². The predicted octanol–water partition coefficient (Wildman–Crippen LogP) is 6.43. The van der Waals surface area contributed by atoms with Crippen LogP contribution in [-0.4, -0.2) is 78.5 Å². The van der Waals surface area contributed by atoms with Crippen LogP contribution in [0.3, 0.4) is 0 Å². The minimum Gasteiger partial charge on any atom is -0.477 e. The SMILES string of the molecule is CON=C(C(=O)NC1C(=O)N2C(C(=O)O)=C(CSc3nc4ccncc4s3)CS[C@@H]12)c1csc(NC(c2ccccc2)(c2ccccc2)c2ccccc2)n1. The monoisotopic (exact) mass is 805 g/mol. The molecule has 3 aromatic heterocycles. The molecular weight excluding hydrogens is 775 g/mol. The number of aromatic nitrogens is 3. The Bertz CT molecular complexity index is 2310. The Morgan fingerprint density at radius 1 is 0.982 bits per heavy atom. The van der Waals surface area contributed by atoms with Crippen molar-refractivity contribution in [3.05, 3.63) is 148 Å². The summed E-state index contributed by atoms with van der Waals surface area (Å²) in [4.78, 5) is 59.8. The second kappa shape index (κ2) is 15.7. The Labute approximate surface area is 331 Å². The average molecular weight is 806 g/mol. The number of benzene rings is 3. The summed E-state index contributed by atoms with van der Waals surface area (Å²) in [5, 5.41) is 22.3. The van der Waals surface area contributed by atoms with Gasteiger partial charge in [0.1, 0.15) is 35.5 Å². The van der Waals surface area contributed by atoms with Gasteiger partial charge in [-0.25, -0.2) is 14.8 Å². The van der Waals surface area contributed by atoms with Crippen LogP contribution in [0.15, 0.2) is 136 Å². The molecule has 0 radical (unpaired) electrons. The van der Waals surface area contributed by atoms with Gasteiger partial charge in [-0.15, -0.1) is 34.4 Å². The van der Waals surface area contributed by atoms with Gasteiger partial charge in [-0.3, -0.25) is 19.5 Å². The molecule has 6 aromatic rings. The topological polar surface area (TPSA) is 159 Å². The molecule has 0 spiro atoms. The molecule has 12 nitrogen and oxygen atoms in total. The van der Waals surface area contributed by atoms with E-state index in [2.05, 4.69) is 62.2 Å². The molecule has 8 rings (SSSR count). The van der Waals surface area contributed by atoms with E-state index < -0.39 is 34.7 Å². The number of carbonyl (C=O) groups is 3. The number of rotatable bonds is 13. The number of aliphatic carboxylic acids is 1. The standard InChI is InChI=1S/C39H31N7O5S4/c1-51-45-30(28-22-53-37(41-28)44-39(24-11-5-2-6-12-24,25-13-7-3-8-14-25)26-15-9-4-10-16-26)33(47)43-31-34(48)46-32(36(49)50)23(20-52-35(31)46)21-54-38-42-27-17-18-40-19-29(27)55-38/h2-19,22,31,35H,20-21H2,1H3,(H,41,44)(H,43,47)(H,49,50)/t31?,35-/m0/s1. The smallest absolute Gasteiger partial charge is 0.352 e. The fourth-order valence-corrected chi connectivity index (χ4v) is 10.9. The number of β-lactam (4-membered cyclic amide) rings is 1. The van der Waals surface area contributed by atoms with E-state index in [4.69, 9.17) is 9.82 Å². The molecule has 2 atom stereocenters. The summed E-state index contributed by atoms with van der Waals surface area (Å²) in [6.45, 7) is 0. The van der Waals surface area contributed by atoms with Crippen molar-refractivity contribution >= 4 is 85.0 Å². The zero-order valence-corrected chi connectivity index (χ0v) is 32.3. The number of carboxylic acid groups (broad SMARTS) is 1. The highest BCUT2D eigenvalue weighted by Crippen LogP contribution is 2.43. The highest BCUT2D eigenvalue weighted by atomic mass is 32.2. The first-order valence-electron chi connectivity index (χ1n) is 16.9. The number of thioether (sulfide) groups is 2. The summed E-state index contributed by atoms with van der Waals surface area (Å²) in [6, 6.07) is 31.0. The molecule has 16 heteroatoms. The highest BCUT2D eigenvalue weighted by molar-refractivity contribution is 8.02. The van der Waals surface area contributed by atoms with E-state index in [-0.39, 0.29) is 17.1 Å². The van der Waals surface area contributed by atoms with Crippen molar-refractivity contribution in [2.24, 2.45) is 5.16 Å². The molecule has 2 aliphatic heterocycles. The minimum absolute atomic E-state index is 0.0609. The van der Waals surface area contributed by atoms with Gasteiger partial charge >= 0.3 is 5.97 Å². The van der Waals surface area contributed by atoms with Crippen LogP contribution in [0.2, 0.25) is 0 Å². The van der Waals surface area contributed by atoms with Gasteiger partial charge in [0, 0.05) is 29.3 Å². The van der Waals surface area contributed by atoms with Crippen LogP contribution < -0.4 is 10.6 Å². The number of thiazole rings is 2. The van der Waals surface area contributed by atoms with E-state index >= 15 is 0 Å². The normalized spacial score (nSPS) is 17.1. The largest absolute Gasteiger partial charge is 0.477 e. The van der Waals surface area contributed by atoms with E-state index in [9.17, 15) is 19.5 Å². The predicted molar refractivity (Wildman–Crippen MR) is 216 cm³/mol. The summed E-state index contributed by atoms with van der Waals surface area (Å²) in [5.41, 5.74) is 3.59. The Hall–Kier alpha value is -5.55. The lowest BCUT2D eigenvalue weighted by molar-refractivity contribution is -0.150. The molecule has 0 saturated carbocycles. The van der Waals surface area contributed by atoms with Gasteiger partial charge in [0.25, 0.3) is 11.8 Å². The second-order valence-corrected chi connectivity index (χ2v) is 16.6. The Balaban J connectivity index is 1.02. The number of amides is 2. The van der Waals surface area contributed by atoms with Gasteiger partial charge in [0.2, 0.25) is 0 Å². The van der Waals surface area contributed by atoms with E-state index in [1.165, 1.54) is 58.2 Å². The zero-order chi connectivity index (χ0) is 37.9. The van der Waals surface area contributed by atoms with Crippen LogP contribution in [0.4, 0.5) is 5.13 Å². The minimum atomic E-state index is -1.20. The summed E-state index contributed by atoms with van der Waals surface area (Å²) in [7, 11) is 1.33. The van der Waals surface area contributed by atoms with E-state index in [0.29, 0.717) is 22.2 Å². The summed E-state index contributed by atoms with van der Waals surface area (Å²) in [6.07, 6.45) is 3.42. The van der Waals surface area contributed by atoms with E-state index in [1.807, 2.05) is 60.7 Å². The highest BCUT2D eigenvalue weighted by Gasteiger charge is 2.54. The third-order valence-electron chi connectivity index (χ3n) is 9.14. The molecule has 55 heavy (non-hydrogen) atoms. The lowest BCUT2D eigenvalue weighted by Gasteiger charge is -2.49. The number of carbonyl (C=O) groups excluding carboxylic acids is 2. The number of oxime groups is 1. The molecule has 0 aliphatic carbocycles. The molecule has 2 aliphatic rings. The van der Waals surface area contributed by atoms with Gasteiger partial charge in [-0.1, -0.05) is 108 Å². The average Bonchev–Trinajstić information content (AvgIpc) is 3.87. The molecule has 276 valence electrons. The molecule has 1 unspecified atom stereocenters. The van der Waals surface area contributed by atoms with Crippen molar-refractivity contribution < 1.29 is 24.3 Å². The third-order valence-corrected chi connectivity index (χ3v) is 13.5. The van der Waals surface area contributed by atoms with Crippen LogP contribution in [0.25, 0.3) is 10.2 Å². The van der Waals surface area contributed by atoms with Crippen LogP contribution in [-0.2, 0) is 24.8 Å². The van der Waals surface area contributed by atoms with Crippen molar-refractivity contribution in [2.45, 2.75) is 21.3 Å².